The van der Waals surface area contributed by atoms with E-state index in [0.717, 1.165) is 0 Å². The maximum Gasteiger partial charge on any atom is 0.353 e. The Bertz CT molecular complexity index is 614. The lowest BCUT2D eigenvalue weighted by Gasteiger charge is -2.27. The number of hydrogen-bond acceptors (Lipinski definition) is 6. The summed E-state index contributed by atoms with van der Waals surface area (Å²) in [5.74, 6) is -1.67. The summed E-state index contributed by atoms with van der Waals surface area (Å²) < 4.78 is 0. The molecule has 6 heteroatoms. The molecule has 0 N–H and O–H groups in total. The summed E-state index contributed by atoms with van der Waals surface area (Å²) in [6.07, 6.45) is 2.54. The van der Waals surface area contributed by atoms with Crippen molar-refractivity contribution < 1.29 is 19.3 Å². The average Bonchev–Trinajstić information content (AvgIpc) is 2.57. The van der Waals surface area contributed by atoms with Crippen LogP contribution in [0.15, 0.2) is 71.0 Å². The van der Waals surface area contributed by atoms with Crippen LogP contribution in [0.5, 0.6) is 0 Å². The third-order valence-corrected chi connectivity index (χ3v) is 2.73. The van der Waals surface area contributed by atoms with Crippen molar-refractivity contribution in [3.8, 4) is 0 Å². The van der Waals surface area contributed by atoms with Gasteiger partial charge in [-0.2, -0.15) is 0 Å². The molecule has 0 unspecified atom stereocenters. The van der Waals surface area contributed by atoms with Crippen molar-refractivity contribution >= 4 is 12.2 Å². The van der Waals surface area contributed by atoms with Crippen LogP contribution in [0.1, 0.15) is 11.1 Å². The van der Waals surface area contributed by atoms with Gasteiger partial charge in [-0.3, -0.25) is 0 Å². The molecule has 0 aliphatic heterocycles. The minimum absolute atomic E-state index is 0.495. The first-order valence-electron chi connectivity index (χ1n) is 5.95. The lowest BCUT2D eigenvalue weighted by Crippen LogP contribution is -2.31. The summed E-state index contributed by atoms with van der Waals surface area (Å²) in [6.45, 7) is 0. The first-order chi connectivity index (χ1) is 10.3. The SMILES string of the molecule is O=C=NOC(ON=C=O)(c1ccccc1)c1ccccc1. The summed E-state index contributed by atoms with van der Waals surface area (Å²) in [5, 5.41) is 6.26. The highest BCUT2D eigenvalue weighted by atomic mass is 16.8. The molecule has 104 valence electrons. The van der Waals surface area contributed by atoms with Crippen LogP contribution in [0.4, 0.5) is 0 Å². The summed E-state index contributed by atoms with van der Waals surface area (Å²) in [4.78, 5) is 31.1. The van der Waals surface area contributed by atoms with Gasteiger partial charge in [0, 0.05) is 21.4 Å². The fraction of sp³-hybridized carbons (Fsp3) is 0.0667. The molecule has 2 aromatic carbocycles. The van der Waals surface area contributed by atoms with E-state index in [1.807, 2.05) is 0 Å². The van der Waals surface area contributed by atoms with Gasteiger partial charge < -0.3 is 9.68 Å². The zero-order valence-corrected chi connectivity index (χ0v) is 10.8. The molecular weight excluding hydrogens is 272 g/mol. The van der Waals surface area contributed by atoms with E-state index in [1.165, 1.54) is 12.2 Å². The van der Waals surface area contributed by atoms with E-state index in [9.17, 15) is 9.59 Å². The average molecular weight is 282 g/mol. The highest BCUT2D eigenvalue weighted by Crippen LogP contribution is 2.35. The van der Waals surface area contributed by atoms with Crippen molar-refractivity contribution in [2.24, 2.45) is 10.3 Å². The lowest BCUT2D eigenvalue weighted by atomic mass is 9.97. The molecule has 0 aromatic heterocycles. The van der Waals surface area contributed by atoms with Gasteiger partial charge in [-0.15, -0.1) is 0 Å². The minimum Gasteiger partial charge on any atom is -0.326 e. The van der Waals surface area contributed by atoms with Gasteiger partial charge in [-0.1, -0.05) is 60.7 Å². The fourth-order valence-corrected chi connectivity index (χ4v) is 1.88. The van der Waals surface area contributed by atoms with Crippen LogP contribution in [-0.4, -0.2) is 12.2 Å². The smallest absolute Gasteiger partial charge is 0.326 e. The third kappa shape index (κ3) is 3.04. The van der Waals surface area contributed by atoms with E-state index in [0.29, 0.717) is 11.1 Å². The van der Waals surface area contributed by atoms with Gasteiger partial charge in [0.1, 0.15) is 0 Å². The van der Waals surface area contributed by atoms with Crippen LogP contribution < -0.4 is 0 Å². The highest BCUT2D eigenvalue weighted by molar-refractivity contribution is 5.36. The number of hydrogen-bond donors (Lipinski definition) is 0. The number of isocyanates is 2. The molecule has 0 spiro atoms. The molecule has 0 aliphatic carbocycles. The van der Waals surface area contributed by atoms with Crippen molar-refractivity contribution in [2.75, 3.05) is 0 Å². The van der Waals surface area contributed by atoms with Crippen molar-refractivity contribution in [3.05, 3.63) is 71.8 Å². The lowest BCUT2D eigenvalue weighted by molar-refractivity contribution is -0.219. The monoisotopic (exact) mass is 282 g/mol. The predicted octanol–water partition coefficient (Wildman–Crippen LogP) is 2.42. The van der Waals surface area contributed by atoms with Crippen molar-refractivity contribution in [1.82, 2.24) is 0 Å². The van der Waals surface area contributed by atoms with E-state index >= 15 is 0 Å². The van der Waals surface area contributed by atoms with E-state index in [-0.39, 0.29) is 0 Å². The molecule has 0 atom stereocenters. The van der Waals surface area contributed by atoms with E-state index in [4.69, 9.17) is 9.68 Å². The molecule has 0 saturated heterocycles. The largest absolute Gasteiger partial charge is 0.353 e. The molecule has 0 amide bonds. The minimum atomic E-state index is -1.67. The molecule has 0 radical (unpaired) electrons. The Labute approximate surface area is 120 Å². The third-order valence-electron chi connectivity index (χ3n) is 2.73. The first-order valence-corrected chi connectivity index (χ1v) is 5.95. The molecule has 6 nitrogen and oxygen atoms in total. The van der Waals surface area contributed by atoms with Crippen molar-refractivity contribution in [3.63, 3.8) is 0 Å². The Kier molecular flexibility index (Phi) is 4.62. The van der Waals surface area contributed by atoms with Gasteiger partial charge in [0.25, 0.3) is 12.2 Å². The Morgan fingerprint density at radius 3 is 1.43 bits per heavy atom. The molecule has 0 aliphatic rings. The Hall–Kier alpha value is -3.20. The van der Waals surface area contributed by atoms with Crippen molar-refractivity contribution in [2.45, 2.75) is 5.79 Å². The standard InChI is InChI=1S/C15H10N2O4/c18-11-16-20-15(21-17-12-19,13-7-3-1-4-8-13)14-9-5-2-6-10-14/h1-10H. The molecule has 0 heterocycles. The summed E-state index contributed by atoms with van der Waals surface area (Å²) in [5.41, 5.74) is 0.989. The second-order valence-corrected chi connectivity index (χ2v) is 3.90. The molecule has 0 fully saturated rings. The molecule has 2 rings (SSSR count). The first kappa shape index (κ1) is 14.2. The number of rotatable bonds is 6. The van der Waals surface area contributed by atoms with Gasteiger partial charge >= 0.3 is 5.79 Å². The topological polar surface area (TPSA) is 77.3 Å². The summed E-state index contributed by atoms with van der Waals surface area (Å²) in [6, 6.07) is 17.3. The number of carbonyl (C=O) groups excluding carboxylic acids is 2. The maximum absolute atomic E-state index is 10.4. The van der Waals surface area contributed by atoms with E-state index < -0.39 is 5.79 Å². The number of nitrogens with zero attached hydrogens (tertiary/aromatic N) is 2. The Morgan fingerprint density at radius 1 is 0.714 bits per heavy atom. The van der Waals surface area contributed by atoms with Crippen LogP contribution in [-0.2, 0) is 25.1 Å². The zero-order valence-electron chi connectivity index (χ0n) is 10.8. The van der Waals surface area contributed by atoms with Crippen LogP contribution in [0, 0.1) is 0 Å². The van der Waals surface area contributed by atoms with E-state index in [2.05, 4.69) is 10.3 Å². The van der Waals surface area contributed by atoms with Gasteiger partial charge in [0.05, 0.1) is 0 Å². The predicted molar refractivity (Wildman–Crippen MR) is 72.1 cm³/mol. The number of benzene rings is 2. The quantitative estimate of drug-likeness (QED) is 0.353. The van der Waals surface area contributed by atoms with Crippen LogP contribution >= 0.6 is 0 Å². The van der Waals surface area contributed by atoms with Crippen LogP contribution in [0.25, 0.3) is 0 Å². The molecule has 2 aromatic rings. The van der Waals surface area contributed by atoms with Crippen molar-refractivity contribution in [1.29, 1.82) is 0 Å². The molecule has 21 heavy (non-hydrogen) atoms. The molecule has 0 bridgehead atoms. The summed E-state index contributed by atoms with van der Waals surface area (Å²) in [7, 11) is 0. The van der Waals surface area contributed by atoms with E-state index in [1.54, 1.807) is 60.7 Å². The van der Waals surface area contributed by atoms with Gasteiger partial charge in [-0.25, -0.2) is 9.59 Å². The fourth-order valence-electron chi connectivity index (χ4n) is 1.88. The maximum atomic E-state index is 10.4. The van der Waals surface area contributed by atoms with Gasteiger partial charge in [0.15, 0.2) is 0 Å². The second-order valence-electron chi connectivity index (χ2n) is 3.90. The second kappa shape index (κ2) is 6.82. The van der Waals surface area contributed by atoms with Gasteiger partial charge in [-0.05, 0) is 0 Å². The normalized spacial score (nSPS) is 9.90. The van der Waals surface area contributed by atoms with Crippen LogP contribution in [0.2, 0.25) is 0 Å². The molecular formula is C15H10N2O4. The Morgan fingerprint density at radius 2 is 1.10 bits per heavy atom. The zero-order chi connectivity index (χ0) is 15.0. The summed E-state index contributed by atoms with van der Waals surface area (Å²) >= 11 is 0. The highest BCUT2D eigenvalue weighted by Gasteiger charge is 2.41. The molecule has 0 saturated carbocycles. The van der Waals surface area contributed by atoms with Gasteiger partial charge in [0.2, 0.25) is 0 Å². The van der Waals surface area contributed by atoms with Crippen LogP contribution in [0.3, 0.4) is 0 Å². The Balaban J connectivity index is 2.64.